The van der Waals surface area contributed by atoms with E-state index in [-0.39, 0.29) is 0 Å². The lowest BCUT2D eigenvalue weighted by molar-refractivity contribution is -0.138. The molecule has 0 N–H and O–H groups in total. The van der Waals surface area contributed by atoms with Gasteiger partial charge in [0, 0.05) is 25.4 Å². The molecule has 0 aliphatic carbocycles. The van der Waals surface area contributed by atoms with Crippen molar-refractivity contribution in [3.63, 3.8) is 0 Å². The molecule has 0 bridgehead atoms. The summed E-state index contributed by atoms with van der Waals surface area (Å²) >= 11 is 0. The molecule has 1 aromatic rings. The number of carbonyl (C=O) groups is 1. The number of likely N-dealkylation sites (tertiary alicyclic amines) is 1. The molecule has 2 heteroatoms. The molecule has 2 nitrogen and oxygen atoms in total. The van der Waals surface area contributed by atoms with Gasteiger partial charge < -0.3 is 4.90 Å². The Morgan fingerprint density at radius 3 is 2.30 bits per heavy atom. The van der Waals surface area contributed by atoms with Gasteiger partial charge in [-0.2, -0.15) is 0 Å². The van der Waals surface area contributed by atoms with Crippen LogP contribution in [0.2, 0.25) is 0 Å². The zero-order chi connectivity index (χ0) is 16.8. The van der Waals surface area contributed by atoms with Crippen molar-refractivity contribution >= 4 is 5.91 Å². The van der Waals surface area contributed by atoms with E-state index in [4.69, 9.17) is 0 Å². The minimum atomic E-state index is 0.362. The minimum absolute atomic E-state index is 0.362. The van der Waals surface area contributed by atoms with E-state index < -0.39 is 0 Å². The van der Waals surface area contributed by atoms with E-state index in [1.165, 1.54) is 18.4 Å². The molecule has 1 amide bonds. The Bertz CT molecular complexity index is 474. The highest BCUT2D eigenvalue weighted by Crippen LogP contribution is 2.37. The molecule has 1 fully saturated rings. The monoisotopic (exact) mass is 315 g/mol. The second-order valence-electron chi connectivity index (χ2n) is 7.88. The first-order chi connectivity index (χ1) is 11.0. The first kappa shape index (κ1) is 18.0. The lowest BCUT2D eigenvalue weighted by atomic mass is 9.74. The van der Waals surface area contributed by atoms with Crippen molar-refractivity contribution in [1.82, 2.24) is 4.90 Å². The summed E-state index contributed by atoms with van der Waals surface area (Å²) in [5.41, 5.74) is 1.43. The number of nitrogens with zero attached hydrogens (tertiary/aromatic N) is 1. The zero-order valence-electron chi connectivity index (χ0n) is 15.3. The van der Waals surface area contributed by atoms with Crippen LogP contribution in [0.5, 0.6) is 0 Å². The number of hydrogen-bond donors (Lipinski definition) is 0. The van der Waals surface area contributed by atoms with Crippen molar-refractivity contribution < 1.29 is 4.79 Å². The predicted molar refractivity (Wildman–Crippen MR) is 97.4 cm³/mol. The molecule has 23 heavy (non-hydrogen) atoms. The van der Waals surface area contributed by atoms with E-state index in [9.17, 15) is 4.79 Å². The van der Waals surface area contributed by atoms with E-state index in [0.29, 0.717) is 23.7 Å². The van der Waals surface area contributed by atoms with E-state index in [0.717, 1.165) is 31.8 Å². The van der Waals surface area contributed by atoms with Gasteiger partial charge in [0.25, 0.3) is 0 Å². The fourth-order valence-corrected chi connectivity index (χ4v) is 3.81. The van der Waals surface area contributed by atoms with Crippen LogP contribution in [-0.4, -0.2) is 23.9 Å². The van der Waals surface area contributed by atoms with Crippen LogP contribution in [0.1, 0.15) is 64.9 Å². The van der Waals surface area contributed by atoms with E-state index >= 15 is 0 Å². The number of carbonyl (C=O) groups excluding carboxylic acids is 1. The van der Waals surface area contributed by atoms with Gasteiger partial charge in [-0.1, -0.05) is 70.9 Å². The summed E-state index contributed by atoms with van der Waals surface area (Å²) in [5.74, 6) is 2.92. The molecule has 1 aliphatic rings. The minimum Gasteiger partial charge on any atom is -0.342 e. The van der Waals surface area contributed by atoms with Gasteiger partial charge in [0.2, 0.25) is 5.91 Å². The van der Waals surface area contributed by atoms with Gasteiger partial charge in [-0.25, -0.2) is 0 Å². The Morgan fingerprint density at radius 2 is 1.74 bits per heavy atom. The van der Waals surface area contributed by atoms with Crippen molar-refractivity contribution in [2.45, 2.75) is 59.3 Å². The molecule has 0 spiro atoms. The molecule has 1 aliphatic heterocycles. The molecular weight excluding hydrogens is 282 g/mol. The number of hydrogen-bond acceptors (Lipinski definition) is 1. The molecule has 1 atom stereocenters. The normalized spacial score (nSPS) is 16.7. The van der Waals surface area contributed by atoms with Gasteiger partial charge in [0.1, 0.15) is 0 Å². The summed E-state index contributed by atoms with van der Waals surface area (Å²) < 4.78 is 0. The van der Waals surface area contributed by atoms with Gasteiger partial charge in [0.05, 0.1) is 0 Å². The van der Waals surface area contributed by atoms with Crippen LogP contribution >= 0.6 is 0 Å². The van der Waals surface area contributed by atoms with Gasteiger partial charge in [-0.05, 0) is 29.7 Å². The third-order valence-electron chi connectivity index (χ3n) is 5.10. The lowest BCUT2D eigenvalue weighted by Gasteiger charge is -2.45. The molecule has 2 rings (SSSR count). The SMILES string of the molecule is CC(C)CCCCC(=O)N1CC([C@@H](c2ccccc2)C(C)C)C1. The highest BCUT2D eigenvalue weighted by molar-refractivity contribution is 5.77. The van der Waals surface area contributed by atoms with Crippen LogP contribution in [0.3, 0.4) is 0 Å². The third-order valence-corrected chi connectivity index (χ3v) is 5.10. The molecule has 1 aromatic carbocycles. The topological polar surface area (TPSA) is 20.3 Å². The Balaban J connectivity index is 1.79. The Morgan fingerprint density at radius 1 is 1.09 bits per heavy atom. The fourth-order valence-electron chi connectivity index (χ4n) is 3.81. The second kappa shape index (κ2) is 8.52. The molecule has 1 saturated heterocycles. The maximum atomic E-state index is 12.3. The van der Waals surface area contributed by atoms with Gasteiger partial charge in [-0.3, -0.25) is 4.79 Å². The van der Waals surface area contributed by atoms with Gasteiger partial charge in [-0.15, -0.1) is 0 Å². The van der Waals surface area contributed by atoms with Crippen LogP contribution in [0, 0.1) is 17.8 Å². The second-order valence-corrected chi connectivity index (χ2v) is 7.88. The average Bonchev–Trinajstić information content (AvgIpc) is 2.46. The largest absolute Gasteiger partial charge is 0.342 e. The first-order valence-corrected chi connectivity index (χ1v) is 9.31. The molecule has 128 valence electrons. The van der Waals surface area contributed by atoms with Gasteiger partial charge in [0.15, 0.2) is 0 Å². The van der Waals surface area contributed by atoms with E-state index in [2.05, 4.69) is 62.9 Å². The number of amides is 1. The standard InChI is InChI=1S/C21H33NO/c1-16(2)10-8-9-13-20(23)22-14-19(15-22)21(17(3)4)18-11-6-5-7-12-18/h5-7,11-12,16-17,19,21H,8-10,13-15H2,1-4H3/t21-/m1/s1. The van der Waals surface area contributed by atoms with Crippen LogP contribution in [0.25, 0.3) is 0 Å². The smallest absolute Gasteiger partial charge is 0.222 e. The zero-order valence-corrected chi connectivity index (χ0v) is 15.3. The summed E-state index contributed by atoms with van der Waals surface area (Å²) in [6, 6.07) is 10.8. The molecular formula is C21H33NO. The van der Waals surface area contributed by atoms with Crippen molar-refractivity contribution in [3.05, 3.63) is 35.9 Å². The highest BCUT2D eigenvalue weighted by Gasteiger charge is 2.37. The molecule has 0 radical (unpaired) electrons. The first-order valence-electron chi connectivity index (χ1n) is 9.31. The summed E-state index contributed by atoms with van der Waals surface area (Å²) in [5, 5.41) is 0. The number of unbranched alkanes of at least 4 members (excludes halogenated alkanes) is 1. The molecule has 0 saturated carbocycles. The average molecular weight is 316 g/mol. The summed E-state index contributed by atoms with van der Waals surface area (Å²) in [6.07, 6.45) is 4.19. The molecule has 0 unspecified atom stereocenters. The maximum absolute atomic E-state index is 12.3. The van der Waals surface area contributed by atoms with Crippen LogP contribution in [0.15, 0.2) is 30.3 Å². The van der Waals surface area contributed by atoms with Crippen molar-refractivity contribution in [1.29, 1.82) is 0 Å². The van der Waals surface area contributed by atoms with Crippen LogP contribution in [0.4, 0.5) is 0 Å². The summed E-state index contributed by atoms with van der Waals surface area (Å²) in [4.78, 5) is 14.3. The number of benzene rings is 1. The predicted octanol–water partition coefficient (Wildman–Crippen LogP) is 5.10. The van der Waals surface area contributed by atoms with Crippen molar-refractivity contribution in [2.75, 3.05) is 13.1 Å². The fraction of sp³-hybridized carbons (Fsp3) is 0.667. The lowest BCUT2D eigenvalue weighted by Crippen LogP contribution is -2.52. The molecule has 0 aromatic heterocycles. The number of rotatable bonds is 8. The Labute approximate surface area is 142 Å². The van der Waals surface area contributed by atoms with Crippen LogP contribution < -0.4 is 0 Å². The maximum Gasteiger partial charge on any atom is 0.222 e. The van der Waals surface area contributed by atoms with Crippen molar-refractivity contribution in [3.8, 4) is 0 Å². The van der Waals surface area contributed by atoms with Crippen molar-refractivity contribution in [2.24, 2.45) is 17.8 Å². The van der Waals surface area contributed by atoms with Gasteiger partial charge >= 0.3 is 0 Å². The Kier molecular flexibility index (Phi) is 6.68. The summed E-state index contributed by atoms with van der Waals surface area (Å²) in [6.45, 7) is 11.0. The third kappa shape index (κ3) is 5.09. The summed E-state index contributed by atoms with van der Waals surface area (Å²) in [7, 11) is 0. The molecule has 1 heterocycles. The van der Waals surface area contributed by atoms with E-state index in [1.807, 2.05) is 0 Å². The van der Waals surface area contributed by atoms with E-state index in [1.54, 1.807) is 0 Å². The highest BCUT2D eigenvalue weighted by atomic mass is 16.2. The quantitative estimate of drug-likeness (QED) is 0.611. The Hall–Kier alpha value is -1.31. The van der Waals surface area contributed by atoms with Crippen LogP contribution in [-0.2, 0) is 4.79 Å².